The average molecular weight is 430 g/mol. The lowest BCUT2D eigenvalue weighted by Crippen LogP contribution is -2.16. The van der Waals surface area contributed by atoms with Gasteiger partial charge in [-0.05, 0) is 72.1 Å². The van der Waals surface area contributed by atoms with Crippen LogP contribution in [0.3, 0.4) is 0 Å². The second kappa shape index (κ2) is 7.84. The summed E-state index contributed by atoms with van der Waals surface area (Å²) in [5.74, 6) is -0.501. The molecule has 27 heavy (non-hydrogen) atoms. The van der Waals surface area contributed by atoms with Crippen molar-refractivity contribution >= 4 is 27.5 Å². The molecule has 0 fully saturated rings. The SMILES string of the molecule is Cc1cccc(NC(=O)c2c(Oc3ccc(F)nc3C)ncc(Br)c2C)c1. The second-order valence-electron chi connectivity index (χ2n) is 6.05. The van der Waals surface area contributed by atoms with E-state index in [0.29, 0.717) is 27.2 Å². The van der Waals surface area contributed by atoms with E-state index in [1.165, 1.54) is 12.1 Å². The first-order valence-electron chi connectivity index (χ1n) is 8.19. The van der Waals surface area contributed by atoms with Crippen molar-refractivity contribution in [2.45, 2.75) is 20.8 Å². The molecule has 1 N–H and O–H groups in total. The van der Waals surface area contributed by atoms with Crippen LogP contribution in [-0.2, 0) is 0 Å². The summed E-state index contributed by atoms with van der Waals surface area (Å²) in [4.78, 5) is 20.9. The molecule has 7 heteroatoms. The molecular weight excluding hydrogens is 413 g/mol. The molecule has 0 aliphatic carbocycles. The Hall–Kier alpha value is -2.80. The lowest BCUT2D eigenvalue weighted by molar-refractivity contribution is 0.102. The molecule has 0 radical (unpaired) electrons. The number of anilines is 1. The van der Waals surface area contributed by atoms with Gasteiger partial charge in [-0.3, -0.25) is 4.79 Å². The van der Waals surface area contributed by atoms with Gasteiger partial charge in [0.25, 0.3) is 5.91 Å². The molecule has 5 nitrogen and oxygen atoms in total. The van der Waals surface area contributed by atoms with Crippen LogP contribution >= 0.6 is 15.9 Å². The molecule has 2 heterocycles. The lowest BCUT2D eigenvalue weighted by Gasteiger charge is -2.15. The quantitative estimate of drug-likeness (QED) is 0.567. The largest absolute Gasteiger partial charge is 0.436 e. The van der Waals surface area contributed by atoms with Crippen LogP contribution in [0.2, 0.25) is 0 Å². The highest BCUT2D eigenvalue weighted by Gasteiger charge is 2.21. The first kappa shape index (κ1) is 19.0. The number of rotatable bonds is 4. The first-order valence-corrected chi connectivity index (χ1v) is 8.98. The fourth-order valence-corrected chi connectivity index (χ4v) is 2.85. The molecule has 0 saturated carbocycles. The van der Waals surface area contributed by atoms with Crippen molar-refractivity contribution in [2.24, 2.45) is 0 Å². The number of hydrogen-bond donors (Lipinski definition) is 1. The van der Waals surface area contributed by atoms with Crippen LogP contribution in [0.15, 0.2) is 47.1 Å². The number of aryl methyl sites for hydroxylation is 2. The fourth-order valence-electron chi connectivity index (χ4n) is 2.55. The van der Waals surface area contributed by atoms with Crippen molar-refractivity contribution < 1.29 is 13.9 Å². The molecule has 138 valence electrons. The van der Waals surface area contributed by atoms with Crippen LogP contribution in [0, 0.1) is 26.7 Å². The summed E-state index contributed by atoms with van der Waals surface area (Å²) in [7, 11) is 0. The van der Waals surface area contributed by atoms with Gasteiger partial charge >= 0.3 is 0 Å². The maximum Gasteiger partial charge on any atom is 0.261 e. The third kappa shape index (κ3) is 4.31. The maximum atomic E-state index is 13.2. The molecule has 0 aliphatic heterocycles. The number of benzene rings is 1. The van der Waals surface area contributed by atoms with Gasteiger partial charge in [0.1, 0.15) is 5.56 Å². The molecule has 3 aromatic rings. The molecule has 2 aromatic heterocycles. The average Bonchev–Trinajstić information content (AvgIpc) is 2.60. The van der Waals surface area contributed by atoms with Crippen molar-refractivity contribution in [3.05, 3.63) is 75.4 Å². The van der Waals surface area contributed by atoms with Crippen molar-refractivity contribution in [1.82, 2.24) is 9.97 Å². The highest BCUT2D eigenvalue weighted by molar-refractivity contribution is 9.10. The Bertz CT molecular complexity index is 1020. The minimum atomic E-state index is -0.600. The zero-order valence-electron chi connectivity index (χ0n) is 15.0. The van der Waals surface area contributed by atoms with E-state index >= 15 is 0 Å². The molecule has 1 amide bonds. The van der Waals surface area contributed by atoms with E-state index in [2.05, 4.69) is 31.2 Å². The van der Waals surface area contributed by atoms with E-state index in [4.69, 9.17) is 4.74 Å². The number of nitrogens with one attached hydrogen (secondary N) is 1. The van der Waals surface area contributed by atoms with Gasteiger partial charge in [0.15, 0.2) is 5.75 Å². The van der Waals surface area contributed by atoms with Crippen LogP contribution in [0.1, 0.15) is 27.2 Å². The molecule has 0 atom stereocenters. The number of amides is 1. The molecule has 0 bridgehead atoms. The predicted molar refractivity (Wildman–Crippen MR) is 105 cm³/mol. The van der Waals surface area contributed by atoms with Crippen molar-refractivity contribution in [1.29, 1.82) is 0 Å². The van der Waals surface area contributed by atoms with E-state index in [-0.39, 0.29) is 17.4 Å². The summed E-state index contributed by atoms with van der Waals surface area (Å²) >= 11 is 3.40. The van der Waals surface area contributed by atoms with Crippen LogP contribution in [0.4, 0.5) is 10.1 Å². The van der Waals surface area contributed by atoms with Gasteiger partial charge in [-0.2, -0.15) is 4.39 Å². The van der Waals surface area contributed by atoms with Gasteiger partial charge in [-0.15, -0.1) is 0 Å². The Morgan fingerprint density at radius 2 is 1.96 bits per heavy atom. The van der Waals surface area contributed by atoms with Crippen LogP contribution < -0.4 is 10.1 Å². The molecule has 0 saturated heterocycles. The Labute approximate surface area is 164 Å². The zero-order valence-corrected chi connectivity index (χ0v) is 16.6. The molecule has 0 aliphatic rings. The van der Waals surface area contributed by atoms with Crippen molar-refractivity contribution in [2.75, 3.05) is 5.32 Å². The van der Waals surface area contributed by atoms with Gasteiger partial charge in [0.2, 0.25) is 11.8 Å². The molecule has 0 unspecified atom stereocenters. The van der Waals surface area contributed by atoms with E-state index in [1.54, 1.807) is 26.1 Å². The van der Waals surface area contributed by atoms with E-state index < -0.39 is 5.95 Å². The number of carbonyl (C=O) groups is 1. The number of ether oxygens (including phenoxy) is 1. The first-order chi connectivity index (χ1) is 12.8. The number of halogens is 2. The predicted octanol–water partition coefficient (Wildman–Crippen LogP) is 5.35. The van der Waals surface area contributed by atoms with Gasteiger partial charge in [-0.1, -0.05) is 12.1 Å². The minimum Gasteiger partial charge on any atom is -0.436 e. The van der Waals surface area contributed by atoms with Gasteiger partial charge in [0, 0.05) is 16.4 Å². The standard InChI is InChI=1S/C20H17BrFN3O2/c1-11-5-4-6-14(9-11)25-19(26)18-12(2)15(21)10-23-20(18)27-16-7-8-17(22)24-13(16)3/h4-10H,1-3H3,(H,25,26). The van der Waals surface area contributed by atoms with Gasteiger partial charge < -0.3 is 10.1 Å². The summed E-state index contributed by atoms with van der Waals surface area (Å²) in [6, 6.07) is 10.1. The maximum absolute atomic E-state index is 13.2. The Kier molecular flexibility index (Phi) is 5.51. The molecule has 0 spiro atoms. The highest BCUT2D eigenvalue weighted by Crippen LogP contribution is 2.31. The third-order valence-electron chi connectivity index (χ3n) is 3.96. The van der Waals surface area contributed by atoms with Crippen LogP contribution in [0.25, 0.3) is 0 Å². The van der Waals surface area contributed by atoms with Crippen molar-refractivity contribution in [3.63, 3.8) is 0 Å². The normalized spacial score (nSPS) is 10.6. The molecule has 3 rings (SSSR count). The summed E-state index contributed by atoms with van der Waals surface area (Å²) in [5, 5.41) is 2.86. The third-order valence-corrected chi connectivity index (χ3v) is 4.75. The smallest absolute Gasteiger partial charge is 0.261 e. The molecule has 1 aromatic carbocycles. The van der Waals surface area contributed by atoms with E-state index in [9.17, 15) is 9.18 Å². The number of carbonyl (C=O) groups excluding carboxylic acids is 1. The molecular formula is C20H17BrFN3O2. The fraction of sp³-hybridized carbons (Fsp3) is 0.150. The topological polar surface area (TPSA) is 64.1 Å². The Morgan fingerprint density at radius 3 is 2.67 bits per heavy atom. The Morgan fingerprint density at radius 1 is 1.19 bits per heavy atom. The summed E-state index contributed by atoms with van der Waals surface area (Å²) in [6.07, 6.45) is 1.56. The van der Waals surface area contributed by atoms with Crippen LogP contribution in [0.5, 0.6) is 11.6 Å². The number of hydrogen-bond acceptors (Lipinski definition) is 4. The Balaban J connectivity index is 1.98. The van der Waals surface area contributed by atoms with Crippen LogP contribution in [-0.4, -0.2) is 15.9 Å². The zero-order chi connectivity index (χ0) is 19.6. The second-order valence-corrected chi connectivity index (χ2v) is 6.91. The minimum absolute atomic E-state index is 0.123. The summed E-state index contributed by atoms with van der Waals surface area (Å²) in [5.41, 5.74) is 3.03. The lowest BCUT2D eigenvalue weighted by atomic mass is 10.1. The van der Waals surface area contributed by atoms with E-state index in [0.717, 1.165) is 5.56 Å². The monoisotopic (exact) mass is 429 g/mol. The van der Waals surface area contributed by atoms with E-state index in [1.807, 2.05) is 25.1 Å². The number of aromatic nitrogens is 2. The number of pyridine rings is 2. The number of nitrogens with zero attached hydrogens (tertiary/aromatic N) is 2. The summed E-state index contributed by atoms with van der Waals surface area (Å²) < 4.78 is 19.7. The van der Waals surface area contributed by atoms with Gasteiger partial charge in [0.05, 0.1) is 5.69 Å². The summed E-state index contributed by atoms with van der Waals surface area (Å²) in [6.45, 7) is 5.36. The highest BCUT2D eigenvalue weighted by atomic mass is 79.9. The van der Waals surface area contributed by atoms with Gasteiger partial charge in [-0.25, -0.2) is 9.97 Å². The van der Waals surface area contributed by atoms with Crippen molar-refractivity contribution in [3.8, 4) is 11.6 Å².